The topological polar surface area (TPSA) is 56.3 Å². The van der Waals surface area contributed by atoms with E-state index in [2.05, 4.69) is 21.7 Å². The number of nitrogens with two attached hydrogens (primary N) is 1. The molecule has 3 heterocycles. The highest BCUT2D eigenvalue weighted by molar-refractivity contribution is 5.44. The molecule has 0 unspecified atom stereocenters. The number of hydrogen-bond acceptors (Lipinski definition) is 4. The van der Waals surface area contributed by atoms with Crippen LogP contribution in [-0.2, 0) is 17.7 Å². The fraction of sp³-hybridized carbons (Fsp3) is 0.750. The van der Waals surface area contributed by atoms with Crippen molar-refractivity contribution in [2.75, 3.05) is 32.5 Å². The summed E-state index contributed by atoms with van der Waals surface area (Å²) >= 11 is 0. The zero-order valence-corrected chi connectivity index (χ0v) is 10.4. The second-order valence-corrected chi connectivity index (χ2v) is 5.09. The Morgan fingerprint density at radius 2 is 2.12 bits per heavy atom. The summed E-state index contributed by atoms with van der Waals surface area (Å²) in [5.74, 6) is 0.736. The lowest BCUT2D eigenvalue weighted by molar-refractivity contribution is 0.0646. The third kappa shape index (κ3) is 1.93. The van der Waals surface area contributed by atoms with Crippen molar-refractivity contribution in [3.8, 4) is 0 Å². The summed E-state index contributed by atoms with van der Waals surface area (Å²) in [6, 6.07) is 0.473. The predicted octanol–water partition coefficient (Wildman–Crippen LogP) is 0.805. The van der Waals surface area contributed by atoms with Crippen molar-refractivity contribution in [3.63, 3.8) is 0 Å². The van der Waals surface area contributed by atoms with Gasteiger partial charge in [0.15, 0.2) is 0 Å². The van der Waals surface area contributed by atoms with Crippen molar-refractivity contribution >= 4 is 5.82 Å². The van der Waals surface area contributed by atoms with Crippen molar-refractivity contribution < 1.29 is 4.74 Å². The van der Waals surface area contributed by atoms with Crippen molar-refractivity contribution in [1.82, 2.24) is 14.7 Å². The minimum Gasteiger partial charge on any atom is -0.382 e. The molecule has 17 heavy (non-hydrogen) atoms. The fourth-order valence-corrected chi connectivity index (χ4v) is 2.83. The first kappa shape index (κ1) is 11.0. The van der Waals surface area contributed by atoms with Gasteiger partial charge < -0.3 is 15.4 Å². The number of anilines is 1. The standard InChI is InChI=1S/C12H20N4O/c1-15-5-2-10-11(8-15)16(14-12(10)13)9-3-6-17-7-4-9/h9H,2-8H2,1H3,(H2,13,14). The highest BCUT2D eigenvalue weighted by Crippen LogP contribution is 2.29. The number of ether oxygens (including phenoxy) is 1. The van der Waals surface area contributed by atoms with Crippen LogP contribution < -0.4 is 5.73 Å². The zero-order chi connectivity index (χ0) is 11.8. The van der Waals surface area contributed by atoms with E-state index in [-0.39, 0.29) is 0 Å². The smallest absolute Gasteiger partial charge is 0.149 e. The summed E-state index contributed by atoms with van der Waals surface area (Å²) in [5.41, 5.74) is 8.63. The van der Waals surface area contributed by atoms with Crippen LogP contribution in [0.3, 0.4) is 0 Å². The molecule has 0 amide bonds. The molecule has 0 aromatic carbocycles. The summed E-state index contributed by atoms with van der Waals surface area (Å²) in [6.07, 6.45) is 3.13. The Morgan fingerprint density at radius 1 is 1.35 bits per heavy atom. The molecule has 1 aromatic rings. The molecule has 0 aliphatic carbocycles. The summed E-state index contributed by atoms with van der Waals surface area (Å²) in [4.78, 5) is 2.33. The van der Waals surface area contributed by atoms with Crippen LogP contribution in [-0.4, -0.2) is 41.5 Å². The van der Waals surface area contributed by atoms with E-state index >= 15 is 0 Å². The molecule has 0 radical (unpaired) electrons. The van der Waals surface area contributed by atoms with Gasteiger partial charge in [0.1, 0.15) is 5.82 Å². The van der Waals surface area contributed by atoms with Gasteiger partial charge >= 0.3 is 0 Å². The monoisotopic (exact) mass is 236 g/mol. The van der Waals surface area contributed by atoms with Crippen LogP contribution in [0.25, 0.3) is 0 Å². The second kappa shape index (κ2) is 4.31. The Bertz CT molecular complexity index is 409. The third-order valence-electron chi connectivity index (χ3n) is 3.85. The van der Waals surface area contributed by atoms with Crippen LogP contribution in [0.5, 0.6) is 0 Å². The molecule has 0 saturated carbocycles. The van der Waals surface area contributed by atoms with E-state index in [9.17, 15) is 0 Å². The number of nitrogen functional groups attached to an aromatic ring is 1. The molecule has 2 aliphatic heterocycles. The van der Waals surface area contributed by atoms with Gasteiger partial charge in [0.25, 0.3) is 0 Å². The number of fused-ring (bicyclic) bond motifs is 1. The Balaban J connectivity index is 1.93. The van der Waals surface area contributed by atoms with E-state index in [1.165, 1.54) is 11.3 Å². The number of nitrogens with zero attached hydrogens (tertiary/aromatic N) is 3. The molecule has 0 spiro atoms. The lowest BCUT2D eigenvalue weighted by Gasteiger charge is -2.28. The predicted molar refractivity (Wildman–Crippen MR) is 65.8 cm³/mol. The number of hydrogen-bond donors (Lipinski definition) is 1. The molecule has 0 atom stereocenters. The maximum atomic E-state index is 6.03. The van der Waals surface area contributed by atoms with Crippen LogP contribution in [0.2, 0.25) is 0 Å². The molecular weight excluding hydrogens is 216 g/mol. The Labute approximate surface area is 102 Å². The Hall–Kier alpha value is -1.07. The average molecular weight is 236 g/mol. The molecule has 94 valence electrons. The van der Waals surface area contributed by atoms with E-state index in [0.29, 0.717) is 6.04 Å². The lowest BCUT2D eigenvalue weighted by Crippen LogP contribution is -2.30. The maximum Gasteiger partial charge on any atom is 0.149 e. The molecule has 1 aromatic heterocycles. The SMILES string of the molecule is CN1CCc2c(N)nn(C3CCOCC3)c2C1. The summed E-state index contributed by atoms with van der Waals surface area (Å²) in [5, 5.41) is 4.56. The summed E-state index contributed by atoms with van der Waals surface area (Å²) < 4.78 is 7.58. The number of aromatic nitrogens is 2. The van der Waals surface area contributed by atoms with Gasteiger partial charge in [-0.05, 0) is 26.3 Å². The van der Waals surface area contributed by atoms with Gasteiger partial charge in [0, 0.05) is 31.9 Å². The maximum absolute atomic E-state index is 6.03. The second-order valence-electron chi connectivity index (χ2n) is 5.09. The Morgan fingerprint density at radius 3 is 2.88 bits per heavy atom. The molecule has 5 nitrogen and oxygen atoms in total. The van der Waals surface area contributed by atoms with Crippen LogP contribution >= 0.6 is 0 Å². The Kier molecular flexibility index (Phi) is 2.80. The minimum atomic E-state index is 0.473. The molecule has 2 aliphatic rings. The third-order valence-corrected chi connectivity index (χ3v) is 3.85. The first-order chi connectivity index (χ1) is 8.25. The zero-order valence-electron chi connectivity index (χ0n) is 10.4. The first-order valence-corrected chi connectivity index (χ1v) is 6.37. The van der Waals surface area contributed by atoms with Crippen LogP contribution in [0.4, 0.5) is 5.82 Å². The molecule has 1 saturated heterocycles. The van der Waals surface area contributed by atoms with Gasteiger partial charge in [-0.1, -0.05) is 0 Å². The highest BCUT2D eigenvalue weighted by Gasteiger charge is 2.26. The van der Waals surface area contributed by atoms with Crippen LogP contribution in [0.1, 0.15) is 30.1 Å². The van der Waals surface area contributed by atoms with Crippen molar-refractivity contribution in [3.05, 3.63) is 11.3 Å². The van der Waals surface area contributed by atoms with Crippen LogP contribution in [0, 0.1) is 0 Å². The first-order valence-electron chi connectivity index (χ1n) is 6.37. The van der Waals surface area contributed by atoms with Crippen molar-refractivity contribution in [2.24, 2.45) is 0 Å². The molecule has 2 N–H and O–H groups in total. The lowest BCUT2D eigenvalue weighted by atomic mass is 10.1. The van der Waals surface area contributed by atoms with Crippen molar-refractivity contribution in [2.45, 2.75) is 31.8 Å². The van der Waals surface area contributed by atoms with E-state index in [0.717, 1.165) is 51.4 Å². The van der Waals surface area contributed by atoms with E-state index in [1.807, 2.05) is 0 Å². The largest absolute Gasteiger partial charge is 0.382 e. The molecule has 5 heteroatoms. The molecular formula is C12H20N4O. The fourth-order valence-electron chi connectivity index (χ4n) is 2.83. The normalized spacial score (nSPS) is 22.6. The molecule has 3 rings (SSSR count). The van der Waals surface area contributed by atoms with Gasteiger partial charge in [-0.3, -0.25) is 4.68 Å². The number of likely N-dealkylation sites (N-methyl/N-ethyl adjacent to an activating group) is 1. The van der Waals surface area contributed by atoms with E-state index in [4.69, 9.17) is 10.5 Å². The average Bonchev–Trinajstić information content (AvgIpc) is 2.67. The van der Waals surface area contributed by atoms with Gasteiger partial charge in [-0.2, -0.15) is 5.10 Å². The minimum absolute atomic E-state index is 0.473. The molecule has 0 bridgehead atoms. The summed E-state index contributed by atoms with van der Waals surface area (Å²) in [7, 11) is 2.15. The quantitative estimate of drug-likeness (QED) is 0.784. The van der Waals surface area contributed by atoms with Gasteiger partial charge in [0.05, 0.1) is 11.7 Å². The molecule has 1 fully saturated rings. The van der Waals surface area contributed by atoms with Crippen LogP contribution in [0.15, 0.2) is 0 Å². The van der Waals surface area contributed by atoms with E-state index < -0.39 is 0 Å². The van der Waals surface area contributed by atoms with Crippen molar-refractivity contribution in [1.29, 1.82) is 0 Å². The van der Waals surface area contributed by atoms with Gasteiger partial charge in [-0.25, -0.2) is 0 Å². The summed E-state index contributed by atoms with van der Waals surface area (Å²) in [6.45, 7) is 3.73. The van der Waals surface area contributed by atoms with Gasteiger partial charge in [0.2, 0.25) is 0 Å². The van der Waals surface area contributed by atoms with Gasteiger partial charge in [-0.15, -0.1) is 0 Å². The number of rotatable bonds is 1. The van der Waals surface area contributed by atoms with E-state index in [1.54, 1.807) is 0 Å². The highest BCUT2D eigenvalue weighted by atomic mass is 16.5.